The summed E-state index contributed by atoms with van der Waals surface area (Å²) in [6.45, 7) is 2.83. The molecule has 0 aliphatic heterocycles. The van der Waals surface area contributed by atoms with Crippen LogP contribution in [0, 0.1) is 6.92 Å². The van der Waals surface area contributed by atoms with Gasteiger partial charge in [0.05, 0.1) is 30.0 Å². The van der Waals surface area contributed by atoms with Crippen molar-refractivity contribution in [3.63, 3.8) is 0 Å². The van der Waals surface area contributed by atoms with Crippen molar-refractivity contribution in [2.75, 3.05) is 5.32 Å². The van der Waals surface area contributed by atoms with Gasteiger partial charge in [0.1, 0.15) is 0 Å². The van der Waals surface area contributed by atoms with Gasteiger partial charge in [-0.2, -0.15) is 0 Å². The van der Waals surface area contributed by atoms with Crippen LogP contribution in [0.15, 0.2) is 55.1 Å². The van der Waals surface area contributed by atoms with Gasteiger partial charge in [0.25, 0.3) is 0 Å². The molecule has 1 N–H and O–H groups in total. The number of rotatable bonds is 4. The van der Waals surface area contributed by atoms with E-state index in [1.165, 1.54) is 11.1 Å². The van der Waals surface area contributed by atoms with E-state index in [-0.39, 0.29) is 0 Å². The highest BCUT2D eigenvalue weighted by Crippen LogP contribution is 2.18. The van der Waals surface area contributed by atoms with Crippen LogP contribution >= 0.6 is 0 Å². The fourth-order valence-electron chi connectivity index (χ4n) is 1.96. The lowest BCUT2D eigenvalue weighted by atomic mass is 10.1. The van der Waals surface area contributed by atoms with Crippen molar-refractivity contribution in [3.8, 4) is 5.69 Å². The number of nitrogens with zero attached hydrogens (tertiary/aromatic N) is 4. The SMILES string of the molecule is Cc1ccc(CNc2cnccc2-n2ccnn2)cc1. The van der Waals surface area contributed by atoms with Gasteiger partial charge in [0.2, 0.25) is 0 Å². The number of nitrogens with one attached hydrogen (secondary N) is 1. The Hall–Kier alpha value is -2.69. The highest BCUT2D eigenvalue weighted by molar-refractivity contribution is 5.58. The van der Waals surface area contributed by atoms with Gasteiger partial charge in [0.15, 0.2) is 0 Å². The molecule has 0 unspecified atom stereocenters. The molecule has 2 aromatic heterocycles. The zero-order valence-corrected chi connectivity index (χ0v) is 11.2. The number of anilines is 1. The van der Waals surface area contributed by atoms with Crippen LogP contribution in [0.4, 0.5) is 5.69 Å². The molecular formula is C15H15N5. The van der Waals surface area contributed by atoms with Crippen LogP contribution in [0.3, 0.4) is 0 Å². The topological polar surface area (TPSA) is 55.6 Å². The largest absolute Gasteiger partial charge is 0.378 e. The van der Waals surface area contributed by atoms with Crippen LogP contribution in [-0.4, -0.2) is 20.0 Å². The molecular weight excluding hydrogens is 250 g/mol. The average molecular weight is 265 g/mol. The summed E-state index contributed by atoms with van der Waals surface area (Å²) in [7, 11) is 0. The van der Waals surface area contributed by atoms with Crippen molar-refractivity contribution in [3.05, 3.63) is 66.2 Å². The quantitative estimate of drug-likeness (QED) is 0.787. The van der Waals surface area contributed by atoms with E-state index in [0.29, 0.717) is 0 Å². The second-order valence-electron chi connectivity index (χ2n) is 4.58. The van der Waals surface area contributed by atoms with Crippen LogP contribution in [0.5, 0.6) is 0 Å². The first-order chi connectivity index (χ1) is 9.83. The highest BCUT2D eigenvalue weighted by Gasteiger charge is 2.04. The molecule has 100 valence electrons. The van der Waals surface area contributed by atoms with Gasteiger partial charge in [-0.05, 0) is 18.6 Å². The summed E-state index contributed by atoms with van der Waals surface area (Å²) in [6.07, 6.45) is 7.01. The molecule has 0 aliphatic carbocycles. The van der Waals surface area contributed by atoms with Crippen LogP contribution in [0.1, 0.15) is 11.1 Å². The van der Waals surface area contributed by atoms with Crippen molar-refractivity contribution >= 4 is 5.69 Å². The van der Waals surface area contributed by atoms with Crippen LogP contribution in [0.25, 0.3) is 5.69 Å². The Bertz CT molecular complexity index is 674. The van der Waals surface area contributed by atoms with E-state index in [1.54, 1.807) is 23.3 Å². The lowest BCUT2D eigenvalue weighted by molar-refractivity contribution is 0.801. The first-order valence-corrected chi connectivity index (χ1v) is 6.43. The Morgan fingerprint density at radius 1 is 1.10 bits per heavy atom. The molecule has 5 nitrogen and oxygen atoms in total. The summed E-state index contributed by atoms with van der Waals surface area (Å²) in [6, 6.07) is 10.4. The monoisotopic (exact) mass is 265 g/mol. The van der Waals surface area contributed by atoms with Gasteiger partial charge < -0.3 is 5.32 Å². The zero-order chi connectivity index (χ0) is 13.8. The molecule has 1 aromatic carbocycles. The Morgan fingerprint density at radius 2 is 1.95 bits per heavy atom. The maximum absolute atomic E-state index is 4.16. The van der Waals surface area contributed by atoms with Crippen molar-refractivity contribution in [2.24, 2.45) is 0 Å². The fourth-order valence-corrected chi connectivity index (χ4v) is 1.96. The maximum atomic E-state index is 4.16. The highest BCUT2D eigenvalue weighted by atomic mass is 15.4. The number of hydrogen-bond acceptors (Lipinski definition) is 4. The standard InChI is InChI=1S/C15H15N5/c1-12-2-4-13(5-3-12)10-17-14-11-16-7-6-15(14)20-9-8-18-19-20/h2-9,11,17H,10H2,1H3. The van der Waals surface area contributed by atoms with Gasteiger partial charge in [0, 0.05) is 12.7 Å². The van der Waals surface area contributed by atoms with Gasteiger partial charge in [-0.15, -0.1) is 5.10 Å². The Morgan fingerprint density at radius 3 is 2.70 bits per heavy atom. The number of pyridine rings is 1. The summed E-state index contributed by atoms with van der Waals surface area (Å²) in [5.41, 5.74) is 4.35. The van der Waals surface area contributed by atoms with Crippen molar-refractivity contribution in [1.82, 2.24) is 20.0 Å². The molecule has 0 saturated carbocycles. The molecule has 0 radical (unpaired) electrons. The molecule has 0 saturated heterocycles. The van der Waals surface area contributed by atoms with Crippen LogP contribution in [-0.2, 0) is 6.54 Å². The molecule has 0 amide bonds. The number of aryl methyl sites for hydroxylation is 1. The molecule has 3 aromatic rings. The first-order valence-electron chi connectivity index (χ1n) is 6.43. The second kappa shape index (κ2) is 5.52. The molecule has 2 heterocycles. The summed E-state index contributed by atoms with van der Waals surface area (Å²) in [4.78, 5) is 4.16. The minimum absolute atomic E-state index is 0.744. The summed E-state index contributed by atoms with van der Waals surface area (Å²) < 4.78 is 1.72. The first kappa shape index (κ1) is 12.3. The third-order valence-electron chi connectivity index (χ3n) is 3.07. The smallest absolute Gasteiger partial charge is 0.0926 e. The molecule has 3 rings (SSSR count). The minimum Gasteiger partial charge on any atom is -0.378 e. The van der Waals surface area contributed by atoms with Crippen molar-refractivity contribution in [2.45, 2.75) is 13.5 Å². The predicted molar refractivity (Wildman–Crippen MR) is 77.7 cm³/mol. The minimum atomic E-state index is 0.744. The van der Waals surface area contributed by atoms with Crippen LogP contribution < -0.4 is 5.32 Å². The molecule has 0 bridgehead atoms. The summed E-state index contributed by atoms with van der Waals surface area (Å²) in [5, 5.41) is 11.2. The molecule has 0 aliphatic rings. The molecule has 0 spiro atoms. The molecule has 0 fully saturated rings. The third kappa shape index (κ3) is 2.66. The maximum Gasteiger partial charge on any atom is 0.0926 e. The van der Waals surface area contributed by atoms with E-state index in [2.05, 4.69) is 51.8 Å². The molecule has 20 heavy (non-hydrogen) atoms. The van der Waals surface area contributed by atoms with Gasteiger partial charge in [-0.1, -0.05) is 35.0 Å². The van der Waals surface area contributed by atoms with Crippen molar-refractivity contribution in [1.29, 1.82) is 0 Å². The van der Waals surface area contributed by atoms with E-state index < -0.39 is 0 Å². The zero-order valence-electron chi connectivity index (χ0n) is 11.2. The summed E-state index contributed by atoms with van der Waals surface area (Å²) in [5.74, 6) is 0. The fraction of sp³-hybridized carbons (Fsp3) is 0.133. The lowest BCUT2D eigenvalue weighted by Gasteiger charge is -2.11. The van der Waals surface area contributed by atoms with E-state index in [0.717, 1.165) is 17.9 Å². The van der Waals surface area contributed by atoms with E-state index in [9.17, 15) is 0 Å². The van der Waals surface area contributed by atoms with Gasteiger partial charge in [-0.25, -0.2) is 4.68 Å². The average Bonchev–Trinajstić information content (AvgIpc) is 3.01. The third-order valence-corrected chi connectivity index (χ3v) is 3.07. The van der Waals surface area contributed by atoms with Crippen LogP contribution in [0.2, 0.25) is 0 Å². The van der Waals surface area contributed by atoms with E-state index in [4.69, 9.17) is 0 Å². The van der Waals surface area contributed by atoms with Gasteiger partial charge in [-0.3, -0.25) is 4.98 Å². The lowest BCUT2D eigenvalue weighted by Crippen LogP contribution is -2.05. The number of benzene rings is 1. The van der Waals surface area contributed by atoms with E-state index >= 15 is 0 Å². The molecule has 0 atom stereocenters. The van der Waals surface area contributed by atoms with Gasteiger partial charge >= 0.3 is 0 Å². The predicted octanol–water partition coefficient (Wildman–Crippen LogP) is 2.58. The number of aromatic nitrogens is 4. The normalized spacial score (nSPS) is 10.4. The second-order valence-corrected chi connectivity index (χ2v) is 4.58. The Kier molecular flexibility index (Phi) is 3.41. The van der Waals surface area contributed by atoms with Crippen molar-refractivity contribution < 1.29 is 0 Å². The van der Waals surface area contributed by atoms with E-state index in [1.807, 2.05) is 12.3 Å². The summed E-state index contributed by atoms with van der Waals surface area (Å²) >= 11 is 0. The Labute approximate surface area is 117 Å². The number of hydrogen-bond donors (Lipinski definition) is 1. The molecule has 5 heteroatoms. The Balaban J connectivity index is 1.79.